The minimum atomic E-state index is 0.0134. The summed E-state index contributed by atoms with van der Waals surface area (Å²) < 4.78 is 7.29. The van der Waals surface area contributed by atoms with Crippen molar-refractivity contribution in [2.45, 2.75) is 38.3 Å². The number of benzene rings is 1. The number of hydrogen-bond acceptors (Lipinski definition) is 5. The van der Waals surface area contributed by atoms with Crippen molar-refractivity contribution in [1.29, 1.82) is 0 Å². The fourth-order valence-electron chi connectivity index (χ4n) is 4.63. The Kier molecular flexibility index (Phi) is 5.19. The number of methoxy groups -OCH3 is 1. The number of carbonyl (C=O) groups is 1. The molecule has 1 fully saturated rings. The third-order valence-electron chi connectivity index (χ3n) is 6.42. The van der Waals surface area contributed by atoms with Crippen LogP contribution >= 0.6 is 0 Å². The van der Waals surface area contributed by atoms with Gasteiger partial charge in [0.25, 0.3) is 0 Å². The molecule has 1 N–H and O–H groups in total. The standard InChI is InChI=1S/C24H27N5O2/c1-28-14-19(13-26-28)17-7-10-21-22(12-17)29(15-18-4-3-11-25-23(18)27-21)24(30)16-5-8-20(31-2)9-6-16/h3-4,7,10-14,16,20H,5-6,8-9,15H2,1-2H3,(H,25,27). The van der Waals surface area contributed by atoms with E-state index in [0.717, 1.165) is 59.6 Å². The minimum absolute atomic E-state index is 0.0134. The topological polar surface area (TPSA) is 72.3 Å². The van der Waals surface area contributed by atoms with Crippen molar-refractivity contribution in [2.24, 2.45) is 13.0 Å². The smallest absolute Gasteiger partial charge is 0.230 e. The summed E-state index contributed by atoms with van der Waals surface area (Å²) >= 11 is 0. The van der Waals surface area contributed by atoms with Crippen LogP contribution in [0.1, 0.15) is 31.2 Å². The number of anilines is 3. The van der Waals surface area contributed by atoms with E-state index in [2.05, 4.69) is 27.5 Å². The maximum atomic E-state index is 13.7. The molecule has 2 aliphatic rings. The van der Waals surface area contributed by atoms with Crippen molar-refractivity contribution in [3.63, 3.8) is 0 Å². The molecule has 31 heavy (non-hydrogen) atoms. The number of nitrogens with zero attached hydrogens (tertiary/aromatic N) is 4. The second kappa shape index (κ2) is 8.15. The highest BCUT2D eigenvalue weighted by Crippen LogP contribution is 2.39. The molecule has 7 nitrogen and oxygen atoms in total. The molecule has 1 saturated carbocycles. The van der Waals surface area contributed by atoms with E-state index in [9.17, 15) is 4.79 Å². The van der Waals surface area contributed by atoms with Crippen molar-refractivity contribution in [1.82, 2.24) is 14.8 Å². The van der Waals surface area contributed by atoms with Gasteiger partial charge in [-0.1, -0.05) is 12.1 Å². The van der Waals surface area contributed by atoms with Crippen LogP contribution in [-0.2, 0) is 23.1 Å². The number of ether oxygens (including phenoxy) is 1. The van der Waals surface area contributed by atoms with Crippen molar-refractivity contribution in [2.75, 3.05) is 17.3 Å². The first kappa shape index (κ1) is 19.8. The lowest BCUT2D eigenvalue weighted by atomic mass is 9.86. The average molecular weight is 418 g/mol. The molecule has 1 amide bonds. The molecule has 0 radical (unpaired) electrons. The van der Waals surface area contributed by atoms with Crippen LogP contribution in [0.25, 0.3) is 11.1 Å². The third-order valence-corrected chi connectivity index (χ3v) is 6.42. The molecular weight excluding hydrogens is 390 g/mol. The molecule has 1 aliphatic carbocycles. The molecule has 160 valence electrons. The SMILES string of the molecule is COC1CCC(C(=O)N2Cc3cccnc3Nc3ccc(-c4cnn(C)c4)cc32)CC1. The lowest BCUT2D eigenvalue weighted by Gasteiger charge is -2.32. The molecular formula is C24H27N5O2. The number of pyridine rings is 1. The lowest BCUT2D eigenvalue weighted by Crippen LogP contribution is -2.38. The largest absolute Gasteiger partial charge is 0.381 e. The summed E-state index contributed by atoms with van der Waals surface area (Å²) in [6, 6.07) is 10.1. The normalized spacial score (nSPS) is 20.4. The summed E-state index contributed by atoms with van der Waals surface area (Å²) in [6.45, 7) is 0.503. The molecule has 0 spiro atoms. The Morgan fingerprint density at radius 1 is 1.16 bits per heavy atom. The number of rotatable bonds is 3. The van der Waals surface area contributed by atoms with Gasteiger partial charge in [-0.25, -0.2) is 4.98 Å². The van der Waals surface area contributed by atoms with Gasteiger partial charge >= 0.3 is 0 Å². The van der Waals surface area contributed by atoms with Crippen LogP contribution in [0, 0.1) is 5.92 Å². The first-order chi connectivity index (χ1) is 15.1. The molecule has 3 heterocycles. The molecule has 3 aromatic rings. The average Bonchev–Trinajstić information content (AvgIpc) is 3.17. The van der Waals surface area contributed by atoms with Gasteiger partial charge in [0.1, 0.15) is 5.82 Å². The van der Waals surface area contributed by atoms with E-state index in [1.165, 1.54) is 0 Å². The minimum Gasteiger partial charge on any atom is -0.381 e. The fourth-order valence-corrected chi connectivity index (χ4v) is 4.63. The van der Waals surface area contributed by atoms with Gasteiger partial charge in [-0.3, -0.25) is 9.48 Å². The Morgan fingerprint density at radius 3 is 2.74 bits per heavy atom. The second-order valence-corrected chi connectivity index (χ2v) is 8.40. The molecule has 0 atom stereocenters. The number of hydrogen-bond donors (Lipinski definition) is 1. The number of carbonyl (C=O) groups excluding carboxylic acids is 1. The number of aromatic nitrogens is 3. The maximum absolute atomic E-state index is 13.7. The van der Waals surface area contributed by atoms with Crippen LogP contribution in [0.5, 0.6) is 0 Å². The third kappa shape index (κ3) is 3.81. The van der Waals surface area contributed by atoms with Gasteiger partial charge in [-0.15, -0.1) is 0 Å². The maximum Gasteiger partial charge on any atom is 0.230 e. The van der Waals surface area contributed by atoms with Crippen molar-refractivity contribution in [3.05, 3.63) is 54.5 Å². The number of fused-ring (bicyclic) bond motifs is 2. The number of amides is 1. The monoisotopic (exact) mass is 417 g/mol. The molecule has 2 aromatic heterocycles. The Morgan fingerprint density at radius 2 is 2.00 bits per heavy atom. The summed E-state index contributed by atoms with van der Waals surface area (Å²) in [5.74, 6) is 0.994. The van der Waals surface area contributed by atoms with E-state index >= 15 is 0 Å². The molecule has 5 rings (SSSR count). The van der Waals surface area contributed by atoms with Gasteiger partial charge in [-0.05, 0) is 49.4 Å². The molecule has 0 bridgehead atoms. The summed E-state index contributed by atoms with van der Waals surface area (Å²) in [5.41, 5.74) is 4.86. The molecule has 7 heteroatoms. The Balaban J connectivity index is 1.54. The summed E-state index contributed by atoms with van der Waals surface area (Å²) in [4.78, 5) is 20.2. The highest BCUT2D eigenvalue weighted by Gasteiger charge is 2.33. The van der Waals surface area contributed by atoms with Gasteiger partial charge in [0, 0.05) is 43.6 Å². The quantitative estimate of drug-likeness (QED) is 0.689. The van der Waals surface area contributed by atoms with Crippen LogP contribution in [0.2, 0.25) is 0 Å². The first-order valence-electron chi connectivity index (χ1n) is 10.8. The van der Waals surface area contributed by atoms with Gasteiger partial charge in [0.15, 0.2) is 0 Å². The van der Waals surface area contributed by atoms with Crippen LogP contribution in [0.3, 0.4) is 0 Å². The van der Waals surface area contributed by atoms with Crippen LogP contribution in [-0.4, -0.2) is 33.9 Å². The van der Waals surface area contributed by atoms with Crippen LogP contribution in [0.4, 0.5) is 17.2 Å². The van der Waals surface area contributed by atoms with Gasteiger partial charge < -0.3 is 15.0 Å². The van der Waals surface area contributed by atoms with Crippen molar-refractivity contribution in [3.8, 4) is 11.1 Å². The van der Waals surface area contributed by atoms with Gasteiger partial charge in [-0.2, -0.15) is 5.10 Å². The zero-order chi connectivity index (χ0) is 21.4. The van der Waals surface area contributed by atoms with E-state index in [0.29, 0.717) is 6.54 Å². The van der Waals surface area contributed by atoms with E-state index in [-0.39, 0.29) is 17.9 Å². The van der Waals surface area contributed by atoms with E-state index in [1.807, 2.05) is 42.5 Å². The zero-order valence-corrected chi connectivity index (χ0v) is 17.9. The van der Waals surface area contributed by atoms with Crippen molar-refractivity contribution < 1.29 is 9.53 Å². The van der Waals surface area contributed by atoms with Crippen LogP contribution < -0.4 is 10.2 Å². The Bertz CT molecular complexity index is 1100. The molecule has 0 unspecified atom stereocenters. The Hall–Kier alpha value is -3.19. The summed E-state index contributed by atoms with van der Waals surface area (Å²) in [6.07, 6.45) is 9.46. The highest BCUT2D eigenvalue weighted by atomic mass is 16.5. The fraction of sp³-hybridized carbons (Fsp3) is 0.375. The van der Waals surface area contributed by atoms with Gasteiger partial charge in [0.05, 0.1) is 30.2 Å². The first-order valence-corrected chi connectivity index (χ1v) is 10.8. The Labute approximate surface area is 182 Å². The van der Waals surface area contributed by atoms with Gasteiger partial charge in [0.2, 0.25) is 5.91 Å². The van der Waals surface area contributed by atoms with Crippen molar-refractivity contribution >= 4 is 23.1 Å². The highest BCUT2D eigenvalue weighted by molar-refractivity contribution is 6.00. The molecule has 1 aliphatic heterocycles. The number of aryl methyl sites for hydroxylation is 1. The predicted octanol–water partition coefficient (Wildman–Crippen LogP) is 4.28. The predicted molar refractivity (Wildman–Crippen MR) is 120 cm³/mol. The second-order valence-electron chi connectivity index (χ2n) is 8.40. The van der Waals surface area contributed by atoms with E-state index in [1.54, 1.807) is 18.0 Å². The number of nitrogens with one attached hydrogen (secondary N) is 1. The summed E-state index contributed by atoms with van der Waals surface area (Å²) in [7, 11) is 3.66. The van der Waals surface area contributed by atoms with E-state index < -0.39 is 0 Å². The molecule has 0 saturated heterocycles. The van der Waals surface area contributed by atoms with E-state index in [4.69, 9.17) is 4.74 Å². The van der Waals surface area contributed by atoms with Crippen LogP contribution in [0.15, 0.2) is 48.9 Å². The molecule has 1 aromatic carbocycles. The zero-order valence-electron chi connectivity index (χ0n) is 17.9. The lowest BCUT2D eigenvalue weighted by molar-refractivity contribution is -0.124. The summed E-state index contributed by atoms with van der Waals surface area (Å²) in [5, 5.41) is 7.74.